The van der Waals surface area contributed by atoms with E-state index in [1.165, 1.54) is 24.3 Å². The largest absolute Gasteiger partial charge is 0.416 e. The van der Waals surface area contributed by atoms with Crippen LogP contribution in [0.3, 0.4) is 0 Å². The molecule has 5 nitrogen and oxygen atoms in total. The topological polar surface area (TPSA) is 92.4 Å². The fraction of sp³-hybridized carbons (Fsp3) is 0.222. The van der Waals surface area contributed by atoms with Crippen LogP contribution in [0, 0.1) is 0 Å². The minimum atomic E-state index is -4.52. The van der Waals surface area contributed by atoms with E-state index < -0.39 is 35.7 Å². The first-order valence-electron chi connectivity index (χ1n) is 7.67. The smallest absolute Gasteiger partial charge is 0.378 e. The number of aliphatic hydroxyl groups excluding tert-OH is 1. The summed E-state index contributed by atoms with van der Waals surface area (Å²) in [5, 5.41) is 12.3. The maximum absolute atomic E-state index is 12.8. The van der Waals surface area contributed by atoms with E-state index in [4.69, 9.17) is 5.73 Å². The third-order valence-electron chi connectivity index (χ3n) is 3.72. The number of hydrogen-bond donors (Lipinski definition) is 3. The molecule has 0 aliphatic rings. The van der Waals surface area contributed by atoms with Crippen molar-refractivity contribution in [2.24, 2.45) is 5.73 Å². The van der Waals surface area contributed by atoms with Gasteiger partial charge in [-0.3, -0.25) is 9.59 Å². The molecule has 8 heteroatoms. The van der Waals surface area contributed by atoms with Gasteiger partial charge in [0, 0.05) is 6.42 Å². The zero-order valence-electron chi connectivity index (χ0n) is 13.5. The minimum Gasteiger partial charge on any atom is -0.378 e. The van der Waals surface area contributed by atoms with E-state index in [1.54, 1.807) is 18.2 Å². The van der Waals surface area contributed by atoms with Gasteiger partial charge in [0.2, 0.25) is 5.91 Å². The van der Waals surface area contributed by atoms with Crippen molar-refractivity contribution in [3.63, 3.8) is 0 Å². The fourth-order valence-corrected chi connectivity index (χ4v) is 2.37. The number of nitrogens with two attached hydrogens (primary N) is 1. The van der Waals surface area contributed by atoms with Crippen LogP contribution in [-0.4, -0.2) is 23.0 Å². The molecule has 2 amide bonds. The Kier molecular flexibility index (Phi) is 5.99. The molecule has 0 spiro atoms. The van der Waals surface area contributed by atoms with Crippen molar-refractivity contribution in [2.45, 2.75) is 24.7 Å². The van der Waals surface area contributed by atoms with Gasteiger partial charge in [-0.2, -0.15) is 13.2 Å². The zero-order chi connectivity index (χ0) is 19.3. The van der Waals surface area contributed by atoms with Gasteiger partial charge in [0.05, 0.1) is 5.56 Å². The summed E-state index contributed by atoms with van der Waals surface area (Å²) in [6.45, 7) is 0. The Morgan fingerprint density at radius 2 is 1.73 bits per heavy atom. The quantitative estimate of drug-likeness (QED) is 0.730. The highest BCUT2D eigenvalue weighted by atomic mass is 19.4. The van der Waals surface area contributed by atoms with Crippen molar-refractivity contribution in [3.8, 4) is 0 Å². The van der Waals surface area contributed by atoms with E-state index in [2.05, 4.69) is 5.32 Å². The molecular formula is C18H17F3N2O3. The molecule has 0 saturated carbocycles. The number of carbonyl (C=O) groups is 2. The monoisotopic (exact) mass is 366 g/mol. The summed E-state index contributed by atoms with van der Waals surface area (Å²) in [6, 6.07) is 11.1. The van der Waals surface area contributed by atoms with Gasteiger partial charge in [-0.1, -0.05) is 48.5 Å². The fourth-order valence-electron chi connectivity index (χ4n) is 2.37. The standard InChI is InChI=1S/C18H17F3N2O3/c19-18(20,21)13-8-4-5-11(9-13)10-14(16(22)25)23-17(26)15(24)12-6-2-1-3-7-12/h1-9,14-15,24H,10H2,(H2,22,25)(H,23,26)/t14-,15-/m0/s1. The Labute approximate surface area is 147 Å². The summed E-state index contributed by atoms with van der Waals surface area (Å²) in [6.07, 6.45) is -6.28. The molecular weight excluding hydrogens is 349 g/mol. The molecule has 0 aliphatic heterocycles. The Bertz CT molecular complexity index is 779. The number of hydrogen-bond acceptors (Lipinski definition) is 3. The Morgan fingerprint density at radius 1 is 1.08 bits per heavy atom. The molecule has 26 heavy (non-hydrogen) atoms. The average Bonchev–Trinajstić information content (AvgIpc) is 2.60. The van der Waals surface area contributed by atoms with Crippen LogP contribution in [0.25, 0.3) is 0 Å². The maximum Gasteiger partial charge on any atom is 0.416 e. The molecule has 0 radical (unpaired) electrons. The average molecular weight is 366 g/mol. The molecule has 0 saturated heterocycles. The van der Waals surface area contributed by atoms with Crippen LogP contribution in [0.15, 0.2) is 54.6 Å². The highest BCUT2D eigenvalue weighted by Crippen LogP contribution is 2.29. The highest BCUT2D eigenvalue weighted by Gasteiger charge is 2.31. The van der Waals surface area contributed by atoms with Crippen LogP contribution in [0.5, 0.6) is 0 Å². The molecule has 0 heterocycles. The molecule has 2 aromatic carbocycles. The van der Waals surface area contributed by atoms with Gasteiger partial charge in [-0.05, 0) is 17.2 Å². The van der Waals surface area contributed by atoms with Crippen LogP contribution in [-0.2, 0) is 22.2 Å². The predicted molar refractivity (Wildman–Crippen MR) is 87.7 cm³/mol. The molecule has 0 fully saturated rings. The van der Waals surface area contributed by atoms with Crippen LogP contribution >= 0.6 is 0 Å². The number of benzene rings is 2. The number of primary amides is 1. The van der Waals surface area contributed by atoms with E-state index in [-0.39, 0.29) is 12.0 Å². The second-order valence-corrected chi connectivity index (χ2v) is 5.68. The molecule has 0 aromatic heterocycles. The molecule has 2 rings (SSSR count). The van der Waals surface area contributed by atoms with E-state index in [9.17, 15) is 27.9 Å². The normalized spacial score (nSPS) is 13.7. The van der Waals surface area contributed by atoms with Gasteiger partial charge >= 0.3 is 6.18 Å². The number of alkyl halides is 3. The lowest BCUT2D eigenvalue weighted by Gasteiger charge is -2.19. The lowest BCUT2D eigenvalue weighted by Crippen LogP contribution is -2.47. The molecule has 2 aromatic rings. The van der Waals surface area contributed by atoms with Gasteiger partial charge in [-0.25, -0.2) is 0 Å². The van der Waals surface area contributed by atoms with Crippen LogP contribution in [0.2, 0.25) is 0 Å². The lowest BCUT2D eigenvalue weighted by molar-refractivity contribution is -0.137. The van der Waals surface area contributed by atoms with Gasteiger partial charge < -0.3 is 16.2 Å². The lowest BCUT2D eigenvalue weighted by atomic mass is 10.0. The number of carbonyl (C=O) groups excluding carboxylic acids is 2. The van der Waals surface area contributed by atoms with Crippen molar-refractivity contribution in [3.05, 3.63) is 71.3 Å². The number of nitrogens with one attached hydrogen (secondary N) is 1. The SMILES string of the molecule is NC(=O)[C@H](Cc1cccc(C(F)(F)F)c1)NC(=O)[C@@H](O)c1ccccc1. The Hall–Kier alpha value is -2.87. The number of aliphatic hydroxyl groups is 1. The van der Waals surface area contributed by atoms with E-state index in [0.29, 0.717) is 5.56 Å². The molecule has 0 aliphatic carbocycles. The minimum absolute atomic E-state index is 0.179. The summed E-state index contributed by atoms with van der Waals surface area (Å²) in [7, 11) is 0. The zero-order valence-corrected chi connectivity index (χ0v) is 13.5. The van der Waals surface area contributed by atoms with Crippen LogP contribution in [0.1, 0.15) is 22.8 Å². The first-order chi connectivity index (χ1) is 12.2. The van der Waals surface area contributed by atoms with Crippen LogP contribution in [0.4, 0.5) is 13.2 Å². The van der Waals surface area contributed by atoms with Crippen molar-refractivity contribution in [1.82, 2.24) is 5.32 Å². The van der Waals surface area contributed by atoms with Crippen molar-refractivity contribution in [1.29, 1.82) is 0 Å². The van der Waals surface area contributed by atoms with Crippen molar-refractivity contribution >= 4 is 11.8 Å². The van der Waals surface area contributed by atoms with E-state index >= 15 is 0 Å². The Morgan fingerprint density at radius 3 is 2.31 bits per heavy atom. The van der Waals surface area contributed by atoms with Crippen LogP contribution < -0.4 is 11.1 Å². The summed E-state index contributed by atoms with van der Waals surface area (Å²) in [5.74, 6) is -1.79. The van der Waals surface area contributed by atoms with Gasteiger partial charge in [0.15, 0.2) is 6.10 Å². The van der Waals surface area contributed by atoms with Gasteiger partial charge in [0.25, 0.3) is 5.91 Å². The van der Waals surface area contributed by atoms with Crippen molar-refractivity contribution < 1.29 is 27.9 Å². The first kappa shape index (κ1) is 19.5. The molecule has 0 bridgehead atoms. The maximum atomic E-state index is 12.8. The Balaban J connectivity index is 2.12. The highest BCUT2D eigenvalue weighted by molar-refractivity contribution is 5.89. The van der Waals surface area contributed by atoms with Gasteiger partial charge in [0.1, 0.15) is 6.04 Å². The second kappa shape index (κ2) is 8.01. The molecule has 2 atom stereocenters. The molecule has 138 valence electrons. The summed E-state index contributed by atoms with van der Waals surface area (Å²) in [4.78, 5) is 23.7. The molecule has 0 unspecified atom stereocenters. The summed E-state index contributed by atoms with van der Waals surface area (Å²) < 4.78 is 38.3. The number of halogens is 3. The second-order valence-electron chi connectivity index (χ2n) is 5.68. The number of rotatable bonds is 6. The van der Waals surface area contributed by atoms with Gasteiger partial charge in [-0.15, -0.1) is 0 Å². The molecule has 4 N–H and O–H groups in total. The summed E-state index contributed by atoms with van der Waals surface area (Å²) in [5.41, 5.74) is 4.86. The van der Waals surface area contributed by atoms with Crippen molar-refractivity contribution in [2.75, 3.05) is 0 Å². The van der Waals surface area contributed by atoms with E-state index in [1.807, 2.05) is 0 Å². The third-order valence-corrected chi connectivity index (χ3v) is 3.72. The van der Waals surface area contributed by atoms with E-state index in [0.717, 1.165) is 12.1 Å². The predicted octanol–water partition coefficient (Wildman–Crippen LogP) is 1.95. The first-order valence-corrected chi connectivity index (χ1v) is 7.67. The summed E-state index contributed by atoms with van der Waals surface area (Å²) >= 11 is 0. The third kappa shape index (κ3) is 5.06. The number of amides is 2.